The molecule has 1 fully saturated rings. The number of hydrogen-bond acceptors (Lipinski definition) is 5. The van der Waals surface area contributed by atoms with Crippen molar-refractivity contribution >= 4 is 23.8 Å². The molecule has 0 saturated carbocycles. The van der Waals surface area contributed by atoms with Crippen LogP contribution in [-0.4, -0.2) is 57.0 Å². The first-order valence-electron chi connectivity index (χ1n) is 11.1. The third-order valence-electron chi connectivity index (χ3n) is 6.42. The van der Waals surface area contributed by atoms with Crippen LogP contribution < -0.4 is 5.32 Å². The fourth-order valence-electron chi connectivity index (χ4n) is 4.89. The Balaban J connectivity index is 1.30. The summed E-state index contributed by atoms with van der Waals surface area (Å²) in [5.74, 6) is -1.57. The maximum absolute atomic E-state index is 13.0. The van der Waals surface area contributed by atoms with Gasteiger partial charge in [0.05, 0.1) is 0 Å². The molecule has 2 aliphatic rings. The molecule has 1 aromatic heterocycles. The molecule has 0 bridgehead atoms. The van der Waals surface area contributed by atoms with Gasteiger partial charge in [-0.2, -0.15) is 5.10 Å². The highest BCUT2D eigenvalue weighted by Gasteiger charge is 2.36. The summed E-state index contributed by atoms with van der Waals surface area (Å²) < 4.78 is 6.96. The minimum atomic E-state index is -1.04. The van der Waals surface area contributed by atoms with Crippen molar-refractivity contribution in [2.45, 2.75) is 24.8 Å². The quantitative estimate of drug-likeness (QED) is 0.603. The summed E-state index contributed by atoms with van der Waals surface area (Å²) in [6.07, 6.45) is 1.75. The van der Waals surface area contributed by atoms with Gasteiger partial charge in [0.1, 0.15) is 18.2 Å². The molecule has 0 radical (unpaired) electrons. The molecular weight excluding hydrogens is 436 g/mol. The molecule has 9 heteroatoms. The molecule has 2 N–H and O–H groups in total. The number of hydrogen-bond donors (Lipinski definition) is 2. The average molecular weight is 460 g/mol. The van der Waals surface area contributed by atoms with Gasteiger partial charge in [0.2, 0.25) is 0 Å². The number of nitrogens with one attached hydrogen (secondary N) is 1. The summed E-state index contributed by atoms with van der Waals surface area (Å²) in [4.78, 5) is 38.5. The zero-order valence-electron chi connectivity index (χ0n) is 18.6. The van der Waals surface area contributed by atoms with Crippen molar-refractivity contribution in [1.29, 1.82) is 0 Å². The Kier molecular flexibility index (Phi) is 5.53. The van der Waals surface area contributed by atoms with Crippen LogP contribution in [0.1, 0.15) is 40.2 Å². The molecule has 5 rings (SSSR count). The van der Waals surface area contributed by atoms with E-state index in [1.54, 1.807) is 7.05 Å². The summed E-state index contributed by atoms with van der Waals surface area (Å²) in [5.41, 5.74) is 4.58. The lowest BCUT2D eigenvalue weighted by Gasteiger charge is -2.21. The maximum Gasteiger partial charge on any atom is 0.412 e. The summed E-state index contributed by atoms with van der Waals surface area (Å²) in [5, 5.41) is 16.1. The second kappa shape index (κ2) is 8.66. The topological polar surface area (TPSA) is 114 Å². The second-order valence-corrected chi connectivity index (χ2v) is 8.51. The normalized spacial score (nSPS) is 16.7. The molecule has 1 saturated heterocycles. The Bertz CT molecular complexity index is 1240. The predicted octanol–water partition coefficient (Wildman–Crippen LogP) is 3.47. The van der Waals surface area contributed by atoms with E-state index in [0.717, 1.165) is 22.3 Å². The van der Waals surface area contributed by atoms with E-state index >= 15 is 0 Å². The van der Waals surface area contributed by atoms with Gasteiger partial charge in [0, 0.05) is 25.7 Å². The molecule has 0 unspecified atom stereocenters. The Morgan fingerprint density at radius 1 is 1.09 bits per heavy atom. The molecule has 1 aliphatic carbocycles. The van der Waals surface area contributed by atoms with Crippen molar-refractivity contribution in [2.24, 2.45) is 7.05 Å². The Hall–Kier alpha value is -4.14. The van der Waals surface area contributed by atoms with Gasteiger partial charge in [0.25, 0.3) is 5.91 Å². The number of aryl methyl sites for hydroxylation is 1. The third-order valence-corrected chi connectivity index (χ3v) is 6.42. The molecule has 0 spiro atoms. The van der Waals surface area contributed by atoms with E-state index in [1.165, 1.54) is 15.8 Å². The number of benzene rings is 2. The monoisotopic (exact) mass is 460 g/mol. The summed E-state index contributed by atoms with van der Waals surface area (Å²) in [6.45, 7) is 0.471. The van der Waals surface area contributed by atoms with Gasteiger partial charge in [-0.15, -0.1) is 0 Å². The van der Waals surface area contributed by atoms with E-state index in [-0.39, 0.29) is 23.9 Å². The summed E-state index contributed by atoms with van der Waals surface area (Å²) >= 11 is 0. The van der Waals surface area contributed by atoms with Crippen LogP contribution in [0.5, 0.6) is 0 Å². The number of likely N-dealkylation sites (tertiary alicyclic amines) is 1. The molecule has 2 heterocycles. The lowest BCUT2D eigenvalue weighted by Crippen LogP contribution is -2.40. The summed E-state index contributed by atoms with van der Waals surface area (Å²) in [6, 6.07) is 15.2. The Labute approximate surface area is 195 Å². The minimum absolute atomic E-state index is 0.0424. The van der Waals surface area contributed by atoms with Gasteiger partial charge >= 0.3 is 12.1 Å². The standard InChI is InChI=1S/C25H24N4O5/c1-28-13-19(23(30)29-12-6-11-21(29)24(31)32)22(27-28)26-25(33)34-14-20-17-9-4-2-7-15(17)16-8-3-5-10-18(16)20/h2-5,7-10,13,20-21H,6,11-12,14H2,1H3,(H,31,32)(H,26,27,33)/t21-/m1/s1. The average Bonchev–Trinajstić information content (AvgIpc) is 3.53. The van der Waals surface area contributed by atoms with Gasteiger partial charge < -0.3 is 14.7 Å². The molecule has 9 nitrogen and oxygen atoms in total. The van der Waals surface area contributed by atoms with Crippen LogP contribution in [0.3, 0.4) is 0 Å². The first kappa shape index (κ1) is 21.7. The molecule has 2 aromatic carbocycles. The number of amides is 2. The molecule has 174 valence electrons. The number of aromatic nitrogens is 2. The lowest BCUT2D eigenvalue weighted by atomic mass is 9.98. The fraction of sp³-hybridized carbons (Fsp3) is 0.280. The lowest BCUT2D eigenvalue weighted by molar-refractivity contribution is -0.141. The molecule has 34 heavy (non-hydrogen) atoms. The van der Waals surface area contributed by atoms with E-state index in [9.17, 15) is 19.5 Å². The highest BCUT2D eigenvalue weighted by atomic mass is 16.5. The number of carbonyl (C=O) groups is 3. The highest BCUT2D eigenvalue weighted by molar-refractivity contribution is 6.03. The second-order valence-electron chi connectivity index (χ2n) is 8.51. The molecular formula is C25H24N4O5. The van der Waals surface area contributed by atoms with Crippen molar-refractivity contribution < 1.29 is 24.2 Å². The van der Waals surface area contributed by atoms with Gasteiger partial charge in [-0.1, -0.05) is 48.5 Å². The first-order valence-corrected chi connectivity index (χ1v) is 11.1. The van der Waals surface area contributed by atoms with Crippen molar-refractivity contribution in [3.63, 3.8) is 0 Å². The van der Waals surface area contributed by atoms with Crippen LogP contribution in [0.15, 0.2) is 54.7 Å². The van der Waals surface area contributed by atoms with Gasteiger partial charge in [0.15, 0.2) is 5.82 Å². The van der Waals surface area contributed by atoms with Gasteiger partial charge in [-0.25, -0.2) is 9.59 Å². The van der Waals surface area contributed by atoms with E-state index in [0.29, 0.717) is 19.4 Å². The fourth-order valence-corrected chi connectivity index (χ4v) is 4.89. The molecule has 1 aliphatic heterocycles. The number of ether oxygens (including phenoxy) is 1. The number of rotatable bonds is 5. The zero-order valence-corrected chi connectivity index (χ0v) is 18.6. The minimum Gasteiger partial charge on any atom is -0.480 e. The van der Waals surface area contributed by atoms with E-state index in [1.807, 2.05) is 36.4 Å². The SMILES string of the molecule is Cn1cc(C(=O)N2CCC[C@@H]2C(=O)O)c(NC(=O)OCC2c3ccccc3-c3ccccc32)n1. The van der Waals surface area contributed by atoms with Gasteiger partial charge in [-0.05, 0) is 35.1 Å². The highest BCUT2D eigenvalue weighted by Crippen LogP contribution is 2.44. The molecule has 2 amide bonds. The van der Waals surface area contributed by atoms with Crippen molar-refractivity contribution in [3.05, 3.63) is 71.4 Å². The maximum atomic E-state index is 13.0. The zero-order chi connectivity index (χ0) is 23.8. The number of carbonyl (C=O) groups excluding carboxylic acids is 2. The van der Waals surface area contributed by atoms with Crippen LogP contribution in [-0.2, 0) is 16.6 Å². The first-order chi connectivity index (χ1) is 16.4. The van der Waals surface area contributed by atoms with E-state index < -0.39 is 24.0 Å². The largest absolute Gasteiger partial charge is 0.480 e. The Morgan fingerprint density at radius 2 is 1.74 bits per heavy atom. The Morgan fingerprint density at radius 3 is 2.38 bits per heavy atom. The molecule has 1 atom stereocenters. The number of aliphatic carboxylic acids is 1. The van der Waals surface area contributed by atoms with Crippen LogP contribution in [0, 0.1) is 0 Å². The predicted molar refractivity (Wildman–Crippen MR) is 124 cm³/mol. The van der Waals surface area contributed by atoms with Crippen LogP contribution >= 0.6 is 0 Å². The van der Waals surface area contributed by atoms with Crippen molar-refractivity contribution in [1.82, 2.24) is 14.7 Å². The van der Waals surface area contributed by atoms with Crippen LogP contribution in [0.4, 0.5) is 10.6 Å². The molecule has 3 aromatic rings. The number of carboxylic acid groups (broad SMARTS) is 1. The van der Waals surface area contributed by atoms with E-state index in [4.69, 9.17) is 4.74 Å². The summed E-state index contributed by atoms with van der Waals surface area (Å²) in [7, 11) is 1.62. The number of carboxylic acids is 1. The van der Waals surface area contributed by atoms with Crippen LogP contribution in [0.25, 0.3) is 11.1 Å². The third kappa shape index (κ3) is 3.79. The van der Waals surface area contributed by atoms with E-state index in [2.05, 4.69) is 22.5 Å². The number of nitrogens with zero attached hydrogens (tertiary/aromatic N) is 3. The van der Waals surface area contributed by atoms with Crippen LogP contribution in [0.2, 0.25) is 0 Å². The van der Waals surface area contributed by atoms with Gasteiger partial charge in [-0.3, -0.25) is 14.8 Å². The van der Waals surface area contributed by atoms with Crippen molar-refractivity contribution in [2.75, 3.05) is 18.5 Å². The van der Waals surface area contributed by atoms with Crippen molar-refractivity contribution in [3.8, 4) is 11.1 Å². The number of anilines is 1. The smallest absolute Gasteiger partial charge is 0.412 e. The number of fused-ring (bicyclic) bond motifs is 3.